The third kappa shape index (κ3) is 6.10. The molecule has 0 saturated carbocycles. The van der Waals surface area contributed by atoms with Crippen LogP contribution in [-0.4, -0.2) is 76.9 Å². The summed E-state index contributed by atoms with van der Waals surface area (Å²) in [5.74, 6) is -0.352. The van der Waals surface area contributed by atoms with E-state index in [1.165, 1.54) is 25.3 Å². The molecule has 0 radical (unpaired) electrons. The summed E-state index contributed by atoms with van der Waals surface area (Å²) < 4.78 is 32.8. The van der Waals surface area contributed by atoms with E-state index in [2.05, 4.69) is 14.9 Å². The molecule has 2 aromatic carbocycles. The number of carbonyl (C=O) groups excluding carboxylic acids is 2. The first kappa shape index (κ1) is 24.7. The van der Waals surface area contributed by atoms with Gasteiger partial charge in [0.15, 0.2) is 0 Å². The predicted octanol–water partition coefficient (Wildman–Crippen LogP) is 2.02. The number of carbonyl (C=O) groups is 2. The van der Waals surface area contributed by atoms with Crippen LogP contribution in [0.4, 0.5) is 5.69 Å². The number of benzene rings is 2. The normalized spacial score (nSPS) is 14.7. The third-order valence-corrected chi connectivity index (χ3v) is 6.92. The van der Waals surface area contributed by atoms with Crippen molar-refractivity contribution < 1.29 is 22.7 Å². The van der Waals surface area contributed by atoms with E-state index in [1.54, 1.807) is 24.3 Å². The average molecular weight is 475 g/mol. The van der Waals surface area contributed by atoms with E-state index in [-0.39, 0.29) is 28.7 Å². The molecule has 9 nitrogen and oxygen atoms in total. The number of ether oxygens (including phenoxy) is 1. The molecule has 33 heavy (non-hydrogen) atoms. The number of sulfonamides is 1. The first-order chi connectivity index (χ1) is 15.7. The van der Waals surface area contributed by atoms with Crippen molar-refractivity contribution in [3.8, 4) is 5.75 Å². The van der Waals surface area contributed by atoms with Gasteiger partial charge in [-0.3, -0.25) is 9.59 Å². The van der Waals surface area contributed by atoms with Crippen molar-refractivity contribution in [2.75, 3.05) is 52.2 Å². The number of amides is 2. The second-order valence-corrected chi connectivity index (χ2v) is 9.63. The lowest BCUT2D eigenvalue weighted by atomic mass is 10.1. The molecular formula is C23H30N4O5S. The SMILES string of the molecule is CCCNS(=O)(=O)c1cc(C(=O)Nc2ccc(C(=O)N3CCN(C)CC3)cc2)ccc1OC. The maximum Gasteiger partial charge on any atom is 0.255 e. The van der Waals surface area contributed by atoms with Gasteiger partial charge in [0.2, 0.25) is 10.0 Å². The number of hydrogen-bond acceptors (Lipinski definition) is 6. The first-order valence-corrected chi connectivity index (χ1v) is 12.3. The number of rotatable bonds is 8. The first-order valence-electron chi connectivity index (χ1n) is 10.8. The molecule has 1 fully saturated rings. The zero-order chi connectivity index (χ0) is 24.0. The summed E-state index contributed by atoms with van der Waals surface area (Å²) in [7, 11) is -0.420. The molecule has 0 atom stereocenters. The van der Waals surface area contributed by atoms with Crippen molar-refractivity contribution in [2.45, 2.75) is 18.2 Å². The van der Waals surface area contributed by atoms with Crippen LogP contribution < -0.4 is 14.8 Å². The Morgan fingerprint density at radius 1 is 1.00 bits per heavy atom. The highest BCUT2D eigenvalue weighted by Gasteiger charge is 2.22. The summed E-state index contributed by atoms with van der Waals surface area (Å²) in [6.07, 6.45) is 0.634. The quantitative estimate of drug-likeness (QED) is 0.606. The lowest BCUT2D eigenvalue weighted by Gasteiger charge is -2.32. The Hall–Kier alpha value is -2.95. The minimum atomic E-state index is -3.82. The van der Waals surface area contributed by atoms with E-state index in [1.807, 2.05) is 18.9 Å². The van der Waals surface area contributed by atoms with Crippen LogP contribution in [0.15, 0.2) is 47.4 Å². The van der Waals surface area contributed by atoms with Crippen molar-refractivity contribution in [3.63, 3.8) is 0 Å². The number of hydrogen-bond donors (Lipinski definition) is 2. The smallest absolute Gasteiger partial charge is 0.255 e. The van der Waals surface area contributed by atoms with Gasteiger partial charge in [-0.05, 0) is 55.9 Å². The summed E-state index contributed by atoms with van der Waals surface area (Å²) in [6.45, 7) is 5.18. The Morgan fingerprint density at radius 2 is 1.64 bits per heavy atom. The molecule has 3 rings (SSSR count). The number of nitrogens with one attached hydrogen (secondary N) is 2. The molecule has 0 aliphatic carbocycles. The number of methoxy groups -OCH3 is 1. The topological polar surface area (TPSA) is 108 Å². The van der Waals surface area contributed by atoms with Gasteiger partial charge >= 0.3 is 0 Å². The average Bonchev–Trinajstić information content (AvgIpc) is 2.83. The van der Waals surface area contributed by atoms with E-state index >= 15 is 0 Å². The van der Waals surface area contributed by atoms with Crippen molar-refractivity contribution in [1.29, 1.82) is 0 Å². The molecule has 10 heteroatoms. The molecule has 0 bridgehead atoms. The molecule has 0 spiro atoms. The van der Waals surface area contributed by atoms with Crippen LogP contribution in [0.5, 0.6) is 5.75 Å². The Bertz CT molecular complexity index is 1090. The van der Waals surface area contributed by atoms with E-state index in [9.17, 15) is 18.0 Å². The third-order valence-electron chi connectivity index (χ3n) is 5.44. The second-order valence-electron chi connectivity index (χ2n) is 7.89. The van der Waals surface area contributed by atoms with Gasteiger partial charge in [0, 0.05) is 49.5 Å². The van der Waals surface area contributed by atoms with E-state index < -0.39 is 15.9 Å². The van der Waals surface area contributed by atoms with Crippen LogP contribution in [0.1, 0.15) is 34.1 Å². The summed E-state index contributed by atoms with van der Waals surface area (Å²) in [6, 6.07) is 10.9. The van der Waals surface area contributed by atoms with E-state index in [0.717, 1.165) is 13.1 Å². The minimum Gasteiger partial charge on any atom is -0.495 e. The van der Waals surface area contributed by atoms with Crippen LogP contribution in [0.2, 0.25) is 0 Å². The van der Waals surface area contributed by atoms with Gasteiger partial charge in [0.05, 0.1) is 7.11 Å². The van der Waals surface area contributed by atoms with Gasteiger partial charge < -0.3 is 19.9 Å². The maximum atomic E-state index is 12.8. The highest BCUT2D eigenvalue weighted by molar-refractivity contribution is 7.89. The van der Waals surface area contributed by atoms with E-state index in [0.29, 0.717) is 30.8 Å². The Labute approximate surface area is 194 Å². The Balaban J connectivity index is 1.72. The molecule has 0 unspecified atom stereocenters. The van der Waals surface area contributed by atoms with Gasteiger partial charge in [-0.25, -0.2) is 13.1 Å². The number of likely N-dealkylation sites (N-methyl/N-ethyl adjacent to an activating group) is 1. The van der Waals surface area contributed by atoms with Crippen molar-refractivity contribution in [2.24, 2.45) is 0 Å². The lowest BCUT2D eigenvalue weighted by Crippen LogP contribution is -2.47. The van der Waals surface area contributed by atoms with Gasteiger partial charge in [-0.15, -0.1) is 0 Å². The summed E-state index contributed by atoms with van der Waals surface area (Å²) >= 11 is 0. The molecule has 2 N–H and O–H groups in total. The van der Waals surface area contributed by atoms with Gasteiger partial charge in [0.1, 0.15) is 10.6 Å². The fourth-order valence-electron chi connectivity index (χ4n) is 3.43. The van der Waals surface area contributed by atoms with Crippen LogP contribution in [0, 0.1) is 0 Å². The molecule has 1 heterocycles. The van der Waals surface area contributed by atoms with E-state index in [4.69, 9.17) is 4.74 Å². The lowest BCUT2D eigenvalue weighted by molar-refractivity contribution is 0.0664. The molecule has 1 saturated heterocycles. The van der Waals surface area contributed by atoms with Crippen LogP contribution in [0.3, 0.4) is 0 Å². The molecule has 1 aliphatic rings. The molecule has 2 amide bonds. The molecule has 1 aliphatic heterocycles. The number of anilines is 1. The largest absolute Gasteiger partial charge is 0.495 e. The molecule has 2 aromatic rings. The molecule has 178 valence electrons. The number of piperazine rings is 1. The summed E-state index contributed by atoms with van der Waals surface area (Å²) in [5.41, 5.74) is 1.22. The molecule has 0 aromatic heterocycles. The predicted molar refractivity (Wildman–Crippen MR) is 126 cm³/mol. The van der Waals surface area contributed by atoms with Crippen LogP contribution >= 0.6 is 0 Å². The molecular weight excluding hydrogens is 444 g/mol. The summed E-state index contributed by atoms with van der Waals surface area (Å²) in [5, 5.41) is 2.74. The zero-order valence-electron chi connectivity index (χ0n) is 19.1. The highest BCUT2D eigenvalue weighted by atomic mass is 32.2. The van der Waals surface area contributed by atoms with Crippen LogP contribution in [-0.2, 0) is 10.0 Å². The monoisotopic (exact) mass is 474 g/mol. The van der Waals surface area contributed by atoms with Crippen molar-refractivity contribution in [3.05, 3.63) is 53.6 Å². The van der Waals surface area contributed by atoms with Crippen LogP contribution in [0.25, 0.3) is 0 Å². The van der Waals surface area contributed by atoms with Gasteiger partial charge in [0.25, 0.3) is 11.8 Å². The van der Waals surface area contributed by atoms with Crippen molar-refractivity contribution >= 4 is 27.5 Å². The summed E-state index contributed by atoms with van der Waals surface area (Å²) in [4.78, 5) is 29.3. The number of nitrogens with zero attached hydrogens (tertiary/aromatic N) is 2. The highest BCUT2D eigenvalue weighted by Crippen LogP contribution is 2.25. The standard InChI is InChI=1S/C23H30N4O5S/c1-4-11-24-33(30,31)21-16-18(7-10-20(21)32-3)22(28)25-19-8-5-17(6-9-19)23(29)27-14-12-26(2)13-15-27/h5-10,16,24H,4,11-15H2,1-3H3,(H,25,28). The Kier molecular flexibility index (Phi) is 8.06. The van der Waals surface area contributed by atoms with Gasteiger partial charge in [-0.2, -0.15) is 0 Å². The minimum absolute atomic E-state index is 0.0365. The van der Waals surface area contributed by atoms with Crippen molar-refractivity contribution in [1.82, 2.24) is 14.5 Å². The maximum absolute atomic E-state index is 12.8. The van der Waals surface area contributed by atoms with Gasteiger partial charge in [-0.1, -0.05) is 6.92 Å². The Morgan fingerprint density at radius 3 is 2.24 bits per heavy atom. The second kappa shape index (κ2) is 10.8. The zero-order valence-corrected chi connectivity index (χ0v) is 19.9. The fourth-order valence-corrected chi connectivity index (χ4v) is 4.76. The fraction of sp³-hybridized carbons (Fsp3) is 0.391.